The van der Waals surface area contributed by atoms with E-state index < -0.39 is 11.9 Å². The molecule has 0 unspecified atom stereocenters. The Morgan fingerprint density at radius 1 is 0.684 bits per heavy atom. The molecule has 0 N–H and O–H groups in total. The zero-order valence-corrected chi connectivity index (χ0v) is 22.7. The topological polar surface area (TPSA) is 119 Å². The molecule has 1 aromatic rings. The second kappa shape index (κ2) is 15.5. The summed E-state index contributed by atoms with van der Waals surface area (Å²) in [5.41, 5.74) is -0.327. The Kier molecular flexibility index (Phi) is 12.1. The summed E-state index contributed by atoms with van der Waals surface area (Å²) in [6.45, 7) is 5.74. The molecule has 0 radical (unpaired) electrons. The van der Waals surface area contributed by atoms with Gasteiger partial charge in [0.1, 0.15) is 24.3 Å². The number of benzene rings is 1. The van der Waals surface area contributed by atoms with Crippen LogP contribution in [0, 0.1) is 22.7 Å². The molecule has 0 aromatic heterocycles. The van der Waals surface area contributed by atoms with Gasteiger partial charge in [0.15, 0.2) is 0 Å². The summed E-state index contributed by atoms with van der Waals surface area (Å²) < 4.78 is 23.1. The quantitative estimate of drug-likeness (QED) is 0.241. The number of unbranched alkanes of at least 4 members (excludes halogenated alkanes) is 2. The minimum absolute atomic E-state index is 0.00773. The van der Waals surface area contributed by atoms with E-state index >= 15 is 0 Å². The molecule has 0 bridgehead atoms. The molecule has 0 spiro atoms. The maximum Gasteiger partial charge on any atom is 0.339 e. The summed E-state index contributed by atoms with van der Waals surface area (Å²) in [5.74, 6) is -1.32. The third-order valence-electron chi connectivity index (χ3n) is 7.36. The predicted molar refractivity (Wildman–Crippen MR) is 141 cm³/mol. The van der Waals surface area contributed by atoms with Gasteiger partial charge in [0.2, 0.25) is 0 Å². The largest absolute Gasteiger partial charge is 0.459 e. The standard InChI is InChI=1S/C30H40N2O6/c1-3-5-17-35-21-7-11-23(12-8-21)37-29(33)25-15-16-26(28(20-32)27(25)19-31)30(34)38-24-13-9-22(10-14-24)36-18-6-4-2/h15-16,21-24H,3-14,17-18H2,1-2H3. The van der Waals surface area contributed by atoms with Gasteiger partial charge in [-0.25, -0.2) is 9.59 Å². The van der Waals surface area contributed by atoms with Crippen LogP contribution in [0.25, 0.3) is 0 Å². The first kappa shape index (κ1) is 29.6. The zero-order valence-electron chi connectivity index (χ0n) is 22.7. The van der Waals surface area contributed by atoms with E-state index in [-0.39, 0.29) is 46.7 Å². The predicted octanol–water partition coefficient (Wildman–Crippen LogP) is 6.00. The molecule has 0 aliphatic heterocycles. The molecule has 2 aliphatic carbocycles. The number of esters is 2. The average Bonchev–Trinajstić information content (AvgIpc) is 2.94. The number of ether oxygens (including phenoxy) is 4. The van der Waals surface area contributed by atoms with Crippen molar-refractivity contribution < 1.29 is 28.5 Å². The van der Waals surface area contributed by atoms with Gasteiger partial charge in [-0.3, -0.25) is 0 Å². The number of hydrogen-bond acceptors (Lipinski definition) is 8. The lowest BCUT2D eigenvalue weighted by Gasteiger charge is -2.29. The second-order valence-corrected chi connectivity index (χ2v) is 10.2. The van der Waals surface area contributed by atoms with Gasteiger partial charge in [0.25, 0.3) is 0 Å². The first-order valence-electron chi connectivity index (χ1n) is 14.1. The fourth-order valence-corrected chi connectivity index (χ4v) is 5.03. The van der Waals surface area contributed by atoms with E-state index in [9.17, 15) is 20.1 Å². The van der Waals surface area contributed by atoms with Crippen molar-refractivity contribution in [2.75, 3.05) is 13.2 Å². The van der Waals surface area contributed by atoms with Gasteiger partial charge in [0.05, 0.1) is 34.5 Å². The molecule has 0 atom stereocenters. The van der Waals surface area contributed by atoms with Crippen molar-refractivity contribution in [3.8, 4) is 12.1 Å². The lowest BCUT2D eigenvalue weighted by molar-refractivity contribution is -0.0205. The fraction of sp³-hybridized carbons (Fsp3) is 0.667. The van der Waals surface area contributed by atoms with Crippen molar-refractivity contribution in [2.45, 2.75) is 115 Å². The highest BCUT2D eigenvalue weighted by Crippen LogP contribution is 2.28. The molecule has 8 heteroatoms. The Morgan fingerprint density at radius 2 is 1.03 bits per heavy atom. The van der Waals surface area contributed by atoms with Crippen LogP contribution in [0.3, 0.4) is 0 Å². The fourth-order valence-electron chi connectivity index (χ4n) is 5.03. The zero-order chi connectivity index (χ0) is 27.3. The molecule has 38 heavy (non-hydrogen) atoms. The van der Waals surface area contributed by atoms with Crippen molar-refractivity contribution in [2.24, 2.45) is 0 Å². The summed E-state index contributed by atoms with van der Waals surface area (Å²) in [4.78, 5) is 25.9. The molecule has 3 rings (SSSR count). The molecule has 2 aliphatic rings. The SMILES string of the molecule is CCCCOC1CCC(OC(=O)c2ccc(C(=O)OC3CCC(OCCCC)CC3)c(C#N)c2C#N)CC1. The van der Waals surface area contributed by atoms with Crippen LogP contribution in [-0.4, -0.2) is 49.6 Å². The van der Waals surface area contributed by atoms with Gasteiger partial charge < -0.3 is 18.9 Å². The van der Waals surface area contributed by atoms with E-state index in [1.54, 1.807) is 0 Å². The number of nitriles is 2. The number of nitrogens with zero attached hydrogens (tertiary/aromatic N) is 2. The molecular formula is C30H40N2O6. The van der Waals surface area contributed by atoms with Crippen LogP contribution in [0.2, 0.25) is 0 Å². The minimum Gasteiger partial charge on any atom is -0.459 e. The van der Waals surface area contributed by atoms with Crippen LogP contribution in [0.5, 0.6) is 0 Å². The highest BCUT2D eigenvalue weighted by molar-refractivity contribution is 5.98. The second-order valence-electron chi connectivity index (χ2n) is 10.2. The van der Waals surface area contributed by atoms with Crippen LogP contribution in [0.1, 0.15) is 123 Å². The monoisotopic (exact) mass is 524 g/mol. The van der Waals surface area contributed by atoms with Gasteiger partial charge in [-0.1, -0.05) is 26.7 Å². The number of rotatable bonds is 12. The van der Waals surface area contributed by atoms with Crippen LogP contribution in [-0.2, 0) is 18.9 Å². The first-order valence-corrected chi connectivity index (χ1v) is 14.1. The molecule has 0 saturated heterocycles. The lowest BCUT2D eigenvalue weighted by Crippen LogP contribution is -2.29. The van der Waals surface area contributed by atoms with Crippen LogP contribution in [0.4, 0.5) is 0 Å². The highest BCUT2D eigenvalue weighted by atomic mass is 16.5. The highest BCUT2D eigenvalue weighted by Gasteiger charge is 2.30. The summed E-state index contributed by atoms with van der Waals surface area (Å²) in [6, 6.07) is 6.63. The van der Waals surface area contributed by atoms with E-state index in [0.717, 1.165) is 64.6 Å². The third-order valence-corrected chi connectivity index (χ3v) is 7.36. The Bertz CT molecular complexity index is 930. The third kappa shape index (κ3) is 8.28. The minimum atomic E-state index is -0.658. The van der Waals surface area contributed by atoms with Gasteiger partial charge >= 0.3 is 11.9 Å². The lowest BCUT2D eigenvalue weighted by atomic mass is 9.94. The molecule has 8 nitrogen and oxygen atoms in total. The van der Waals surface area contributed by atoms with Gasteiger partial charge in [-0.2, -0.15) is 10.5 Å². The molecule has 2 saturated carbocycles. The van der Waals surface area contributed by atoms with E-state index in [4.69, 9.17) is 18.9 Å². The normalized spacial score (nSPS) is 23.2. The van der Waals surface area contributed by atoms with Gasteiger partial charge in [-0.05, 0) is 76.3 Å². The molecule has 1 aromatic carbocycles. The maximum absolute atomic E-state index is 12.9. The number of hydrogen-bond donors (Lipinski definition) is 0. The maximum atomic E-state index is 12.9. The van der Waals surface area contributed by atoms with Crippen molar-refractivity contribution in [1.82, 2.24) is 0 Å². The van der Waals surface area contributed by atoms with Crippen LogP contribution in [0.15, 0.2) is 12.1 Å². The Hall–Kier alpha value is -2.94. The molecule has 206 valence electrons. The van der Waals surface area contributed by atoms with E-state index in [0.29, 0.717) is 25.7 Å². The Morgan fingerprint density at radius 3 is 1.34 bits per heavy atom. The summed E-state index contributed by atoms with van der Waals surface area (Å²) in [5, 5.41) is 19.6. The van der Waals surface area contributed by atoms with Gasteiger partial charge in [-0.15, -0.1) is 0 Å². The van der Waals surface area contributed by atoms with E-state index in [1.165, 1.54) is 12.1 Å². The van der Waals surface area contributed by atoms with E-state index in [2.05, 4.69) is 13.8 Å². The van der Waals surface area contributed by atoms with Crippen molar-refractivity contribution >= 4 is 11.9 Å². The van der Waals surface area contributed by atoms with Crippen LogP contribution >= 0.6 is 0 Å². The number of carbonyl (C=O) groups excluding carboxylic acids is 2. The Balaban J connectivity index is 1.58. The average molecular weight is 525 g/mol. The molecule has 2 fully saturated rings. The molecule has 0 heterocycles. The van der Waals surface area contributed by atoms with Crippen molar-refractivity contribution in [3.05, 3.63) is 34.4 Å². The smallest absolute Gasteiger partial charge is 0.339 e. The first-order chi connectivity index (χ1) is 18.5. The van der Waals surface area contributed by atoms with Crippen molar-refractivity contribution in [1.29, 1.82) is 10.5 Å². The summed E-state index contributed by atoms with van der Waals surface area (Å²) in [6.07, 6.45) is 10.1. The molecule has 0 amide bonds. The van der Waals surface area contributed by atoms with Crippen molar-refractivity contribution in [3.63, 3.8) is 0 Å². The Labute approximate surface area is 226 Å². The molecular weight excluding hydrogens is 484 g/mol. The summed E-state index contributed by atoms with van der Waals surface area (Å²) >= 11 is 0. The van der Waals surface area contributed by atoms with E-state index in [1.807, 2.05) is 12.1 Å². The number of carbonyl (C=O) groups is 2. The van der Waals surface area contributed by atoms with Crippen LogP contribution < -0.4 is 0 Å². The van der Waals surface area contributed by atoms with Gasteiger partial charge in [0, 0.05) is 13.2 Å². The summed E-state index contributed by atoms with van der Waals surface area (Å²) in [7, 11) is 0.